The molecule has 2 heterocycles. The van der Waals surface area contributed by atoms with Gasteiger partial charge in [-0.2, -0.15) is 4.31 Å². The van der Waals surface area contributed by atoms with Gasteiger partial charge in [-0.25, -0.2) is 8.42 Å². The van der Waals surface area contributed by atoms with Crippen LogP contribution >= 0.6 is 0 Å². The smallest absolute Gasteiger partial charge is 0.324 e. The van der Waals surface area contributed by atoms with Crippen molar-refractivity contribution in [2.45, 2.75) is 44.2 Å². The molecule has 0 bridgehead atoms. The summed E-state index contributed by atoms with van der Waals surface area (Å²) in [6.07, 6.45) is 2.28. The molecule has 2 fully saturated rings. The largest absolute Gasteiger partial charge is 0.480 e. The van der Waals surface area contributed by atoms with Crippen molar-refractivity contribution < 1.29 is 23.1 Å². The molecule has 0 aromatic rings. The van der Waals surface area contributed by atoms with Crippen LogP contribution in [0.1, 0.15) is 32.6 Å². The van der Waals surface area contributed by atoms with E-state index in [9.17, 15) is 18.3 Å². The van der Waals surface area contributed by atoms with Crippen LogP contribution in [-0.4, -0.2) is 54.3 Å². The Morgan fingerprint density at radius 3 is 2.78 bits per heavy atom. The van der Waals surface area contributed by atoms with Gasteiger partial charge in [0.15, 0.2) is 0 Å². The maximum atomic E-state index is 12.3. The Labute approximate surface area is 107 Å². The van der Waals surface area contributed by atoms with Crippen LogP contribution in [0.5, 0.6) is 0 Å². The average molecular weight is 277 g/mol. The Balaban J connectivity index is 2.15. The van der Waals surface area contributed by atoms with Gasteiger partial charge in [0.25, 0.3) is 0 Å². The molecule has 0 saturated carbocycles. The second-order valence-corrected chi connectivity index (χ2v) is 7.11. The van der Waals surface area contributed by atoms with Gasteiger partial charge in [-0.05, 0) is 32.6 Å². The quantitative estimate of drug-likeness (QED) is 0.806. The van der Waals surface area contributed by atoms with Crippen LogP contribution in [0.15, 0.2) is 0 Å². The first-order chi connectivity index (χ1) is 8.36. The number of hydrogen-bond acceptors (Lipinski definition) is 4. The highest BCUT2D eigenvalue weighted by Crippen LogP contribution is 2.33. The lowest BCUT2D eigenvalue weighted by Gasteiger charge is -2.30. The Kier molecular flexibility index (Phi) is 3.66. The van der Waals surface area contributed by atoms with Gasteiger partial charge < -0.3 is 9.84 Å². The number of ether oxygens (including phenoxy) is 1. The summed E-state index contributed by atoms with van der Waals surface area (Å²) in [4.78, 5) is 11.3. The van der Waals surface area contributed by atoms with Crippen molar-refractivity contribution in [3.05, 3.63) is 0 Å². The monoisotopic (exact) mass is 277 g/mol. The Bertz CT molecular complexity index is 429. The lowest BCUT2D eigenvalue weighted by Crippen LogP contribution is -2.52. The minimum atomic E-state index is -3.57. The van der Waals surface area contributed by atoms with Crippen LogP contribution in [0.2, 0.25) is 0 Å². The average Bonchev–Trinajstić information content (AvgIpc) is 2.87. The molecule has 2 unspecified atom stereocenters. The number of nitrogens with zero attached hydrogens (tertiary/aromatic N) is 1. The van der Waals surface area contributed by atoms with Crippen molar-refractivity contribution in [2.75, 3.05) is 18.9 Å². The molecule has 6 nitrogen and oxygen atoms in total. The van der Waals surface area contributed by atoms with Crippen molar-refractivity contribution in [1.82, 2.24) is 4.31 Å². The zero-order valence-corrected chi connectivity index (χ0v) is 11.3. The van der Waals surface area contributed by atoms with E-state index in [0.29, 0.717) is 19.4 Å². The van der Waals surface area contributed by atoms with Gasteiger partial charge in [0.2, 0.25) is 10.0 Å². The van der Waals surface area contributed by atoms with Crippen LogP contribution in [0.25, 0.3) is 0 Å². The lowest BCUT2D eigenvalue weighted by molar-refractivity contribution is -0.146. The van der Waals surface area contributed by atoms with E-state index in [1.807, 2.05) is 0 Å². The molecular weight excluding hydrogens is 258 g/mol. The number of sulfonamides is 1. The molecule has 7 heteroatoms. The van der Waals surface area contributed by atoms with Crippen molar-refractivity contribution in [3.8, 4) is 0 Å². The SMILES string of the molecule is CC1(C(=O)O)CCCN1S(=O)(=O)CC1CCCO1. The first kappa shape index (κ1) is 13.8. The van der Waals surface area contributed by atoms with Gasteiger partial charge in [-0.3, -0.25) is 4.79 Å². The third-order valence-corrected chi connectivity index (χ3v) is 5.84. The van der Waals surface area contributed by atoms with Crippen LogP contribution in [0.3, 0.4) is 0 Å². The molecule has 2 rings (SSSR count). The normalized spacial score (nSPS) is 33.9. The van der Waals surface area contributed by atoms with E-state index in [0.717, 1.165) is 17.1 Å². The van der Waals surface area contributed by atoms with Crippen LogP contribution in [-0.2, 0) is 19.6 Å². The first-order valence-electron chi connectivity index (χ1n) is 6.22. The summed E-state index contributed by atoms with van der Waals surface area (Å²) in [7, 11) is -3.57. The number of carboxylic acids is 1. The summed E-state index contributed by atoms with van der Waals surface area (Å²) in [5.74, 6) is -1.17. The van der Waals surface area contributed by atoms with Crippen LogP contribution in [0.4, 0.5) is 0 Å². The topological polar surface area (TPSA) is 83.9 Å². The highest BCUT2D eigenvalue weighted by atomic mass is 32.2. The molecule has 0 spiro atoms. The van der Waals surface area contributed by atoms with E-state index >= 15 is 0 Å². The Morgan fingerprint density at radius 2 is 2.22 bits per heavy atom. The van der Waals surface area contributed by atoms with E-state index in [-0.39, 0.29) is 18.4 Å². The standard InChI is InChI=1S/C11H19NO5S/c1-11(10(13)14)5-3-6-12(11)18(15,16)8-9-4-2-7-17-9/h9H,2-8H2,1H3,(H,13,14). The summed E-state index contributed by atoms with van der Waals surface area (Å²) >= 11 is 0. The maximum absolute atomic E-state index is 12.3. The summed E-state index contributed by atoms with van der Waals surface area (Å²) in [6, 6.07) is 0. The van der Waals surface area contributed by atoms with Gasteiger partial charge in [0.1, 0.15) is 5.54 Å². The molecule has 18 heavy (non-hydrogen) atoms. The zero-order valence-electron chi connectivity index (χ0n) is 10.5. The Morgan fingerprint density at radius 1 is 1.50 bits per heavy atom. The lowest BCUT2D eigenvalue weighted by atomic mass is 10.0. The number of carbonyl (C=O) groups is 1. The minimum Gasteiger partial charge on any atom is -0.480 e. The molecule has 0 radical (unpaired) electrons. The zero-order chi connectivity index (χ0) is 13.4. The predicted octanol–water partition coefficient (Wildman–Crippen LogP) is 0.434. The fraction of sp³-hybridized carbons (Fsp3) is 0.909. The molecule has 0 aliphatic carbocycles. The van der Waals surface area contributed by atoms with Crippen LogP contribution in [0, 0.1) is 0 Å². The second-order valence-electron chi connectivity index (χ2n) is 5.17. The molecule has 0 aromatic heterocycles. The Hall–Kier alpha value is -0.660. The maximum Gasteiger partial charge on any atom is 0.324 e. The predicted molar refractivity (Wildman–Crippen MR) is 64.7 cm³/mol. The van der Waals surface area contributed by atoms with Gasteiger partial charge >= 0.3 is 5.97 Å². The highest BCUT2D eigenvalue weighted by Gasteiger charge is 2.49. The second kappa shape index (κ2) is 4.79. The first-order valence-corrected chi connectivity index (χ1v) is 7.83. The van der Waals surface area contributed by atoms with Gasteiger partial charge in [-0.15, -0.1) is 0 Å². The molecule has 1 N–H and O–H groups in total. The third-order valence-electron chi connectivity index (χ3n) is 3.79. The van der Waals surface area contributed by atoms with Gasteiger partial charge in [0.05, 0.1) is 11.9 Å². The van der Waals surface area contributed by atoms with Gasteiger partial charge in [0, 0.05) is 13.2 Å². The summed E-state index contributed by atoms with van der Waals surface area (Å²) in [5, 5.41) is 9.23. The van der Waals surface area contributed by atoms with Crippen molar-refractivity contribution in [2.24, 2.45) is 0 Å². The number of hydrogen-bond donors (Lipinski definition) is 1. The van der Waals surface area contributed by atoms with E-state index in [1.54, 1.807) is 0 Å². The molecule has 2 aliphatic heterocycles. The van der Waals surface area contributed by atoms with E-state index in [1.165, 1.54) is 6.92 Å². The van der Waals surface area contributed by atoms with Crippen molar-refractivity contribution in [3.63, 3.8) is 0 Å². The van der Waals surface area contributed by atoms with Crippen LogP contribution < -0.4 is 0 Å². The molecule has 2 aliphatic rings. The molecule has 0 amide bonds. The summed E-state index contributed by atoms with van der Waals surface area (Å²) in [5.41, 5.74) is -1.29. The minimum absolute atomic E-state index is 0.101. The van der Waals surface area contributed by atoms with Crippen molar-refractivity contribution >= 4 is 16.0 Å². The van der Waals surface area contributed by atoms with E-state index in [2.05, 4.69) is 0 Å². The summed E-state index contributed by atoms with van der Waals surface area (Å²) < 4.78 is 31.0. The van der Waals surface area contributed by atoms with E-state index in [4.69, 9.17) is 4.74 Å². The molecular formula is C11H19NO5S. The number of rotatable bonds is 4. The molecule has 2 saturated heterocycles. The number of aliphatic carboxylic acids is 1. The van der Waals surface area contributed by atoms with Crippen molar-refractivity contribution in [1.29, 1.82) is 0 Å². The van der Waals surface area contributed by atoms with E-state index < -0.39 is 21.5 Å². The molecule has 2 atom stereocenters. The molecule has 0 aromatic carbocycles. The fourth-order valence-electron chi connectivity index (χ4n) is 2.70. The highest BCUT2D eigenvalue weighted by molar-refractivity contribution is 7.89. The third kappa shape index (κ3) is 2.39. The fourth-order valence-corrected chi connectivity index (χ4v) is 4.80. The number of carboxylic acid groups (broad SMARTS) is 1. The van der Waals surface area contributed by atoms with Gasteiger partial charge in [-0.1, -0.05) is 0 Å². The molecule has 104 valence electrons. The summed E-state index contributed by atoms with van der Waals surface area (Å²) in [6.45, 7) is 2.36.